The largest absolute Gasteiger partial charge is 0.497 e. The van der Waals surface area contributed by atoms with Crippen LogP contribution in [0.3, 0.4) is 0 Å². The lowest BCUT2D eigenvalue weighted by Gasteiger charge is -2.38. The maximum atomic E-state index is 6.45. The third kappa shape index (κ3) is 3.15. The van der Waals surface area contributed by atoms with Crippen molar-refractivity contribution in [3.63, 3.8) is 0 Å². The molecular formula is C24H21ClN2O3. The second-order valence-electron chi connectivity index (χ2n) is 7.28. The van der Waals surface area contributed by atoms with E-state index in [1.807, 2.05) is 59.6 Å². The smallest absolute Gasteiger partial charge is 0.214 e. The Morgan fingerprint density at radius 1 is 1.00 bits per heavy atom. The normalized spacial score (nSPS) is 19.4. The topological polar surface area (TPSA) is 43.3 Å². The summed E-state index contributed by atoms with van der Waals surface area (Å²) >= 11 is 6.28. The minimum absolute atomic E-state index is 0.0361. The zero-order valence-electron chi connectivity index (χ0n) is 16.7. The van der Waals surface area contributed by atoms with E-state index < -0.39 is 6.23 Å². The fourth-order valence-corrected chi connectivity index (χ4v) is 4.30. The molecule has 0 N–H and O–H groups in total. The average Bonchev–Trinajstić information content (AvgIpc) is 3.24. The number of hydrazone groups is 1. The quantitative estimate of drug-likeness (QED) is 0.551. The van der Waals surface area contributed by atoms with Crippen molar-refractivity contribution in [3.8, 4) is 17.2 Å². The van der Waals surface area contributed by atoms with E-state index in [0.29, 0.717) is 10.8 Å². The summed E-state index contributed by atoms with van der Waals surface area (Å²) in [4.78, 5) is 0. The molecule has 30 heavy (non-hydrogen) atoms. The van der Waals surface area contributed by atoms with Gasteiger partial charge in [0.2, 0.25) is 6.23 Å². The van der Waals surface area contributed by atoms with Crippen molar-refractivity contribution in [1.82, 2.24) is 5.01 Å². The van der Waals surface area contributed by atoms with Gasteiger partial charge in [0.25, 0.3) is 0 Å². The molecule has 3 aromatic rings. The van der Waals surface area contributed by atoms with Gasteiger partial charge in [0.15, 0.2) is 11.5 Å². The van der Waals surface area contributed by atoms with Gasteiger partial charge in [0.05, 0.1) is 26.0 Å². The number of hydrogen-bond acceptors (Lipinski definition) is 5. The highest BCUT2D eigenvalue weighted by molar-refractivity contribution is 6.30. The summed E-state index contributed by atoms with van der Waals surface area (Å²) in [6.07, 6.45) is 0.355. The Labute approximate surface area is 180 Å². The van der Waals surface area contributed by atoms with Gasteiger partial charge in [-0.3, -0.25) is 0 Å². The highest BCUT2D eigenvalue weighted by Gasteiger charge is 2.42. The monoisotopic (exact) mass is 420 g/mol. The van der Waals surface area contributed by atoms with Gasteiger partial charge < -0.3 is 14.2 Å². The number of nitrogens with zero attached hydrogens (tertiary/aromatic N) is 2. The van der Waals surface area contributed by atoms with Crippen LogP contribution < -0.4 is 14.2 Å². The number of ether oxygens (including phenoxy) is 3. The van der Waals surface area contributed by atoms with E-state index in [2.05, 4.69) is 12.1 Å². The van der Waals surface area contributed by atoms with E-state index in [9.17, 15) is 0 Å². The summed E-state index contributed by atoms with van der Waals surface area (Å²) in [6.45, 7) is 0. The molecule has 2 aliphatic rings. The maximum Gasteiger partial charge on any atom is 0.214 e. The molecule has 0 saturated heterocycles. The van der Waals surface area contributed by atoms with Gasteiger partial charge in [0.1, 0.15) is 5.75 Å². The van der Waals surface area contributed by atoms with Crippen LogP contribution in [-0.2, 0) is 0 Å². The number of benzene rings is 3. The molecule has 0 bridgehead atoms. The van der Waals surface area contributed by atoms with E-state index in [4.69, 9.17) is 30.9 Å². The fourth-order valence-electron chi connectivity index (χ4n) is 4.10. The first-order valence-electron chi connectivity index (χ1n) is 9.77. The fraction of sp³-hybridized carbons (Fsp3) is 0.208. The zero-order chi connectivity index (χ0) is 20.7. The summed E-state index contributed by atoms with van der Waals surface area (Å²) in [6, 6.07) is 21.7. The number of rotatable bonds is 4. The van der Waals surface area contributed by atoms with Gasteiger partial charge in [-0.25, -0.2) is 5.01 Å². The minimum atomic E-state index is -0.402. The molecule has 0 spiro atoms. The summed E-state index contributed by atoms with van der Waals surface area (Å²) in [7, 11) is 3.33. The molecule has 2 heterocycles. The summed E-state index contributed by atoms with van der Waals surface area (Å²) in [5, 5.41) is 7.67. The SMILES string of the molecule is COc1cccc(C2=NN3[C@H](C2)c2cccc(OC)c2O[C@@H]3c2cccc(Cl)c2)c1. The number of hydrogen-bond donors (Lipinski definition) is 0. The van der Waals surface area contributed by atoms with Crippen LogP contribution in [0.15, 0.2) is 71.8 Å². The molecule has 2 aliphatic heterocycles. The van der Waals surface area contributed by atoms with Gasteiger partial charge in [-0.15, -0.1) is 0 Å². The molecule has 0 aromatic heterocycles. The van der Waals surface area contributed by atoms with Gasteiger partial charge in [-0.1, -0.05) is 48.0 Å². The van der Waals surface area contributed by atoms with E-state index in [0.717, 1.165) is 40.3 Å². The van der Waals surface area contributed by atoms with Crippen molar-refractivity contribution >= 4 is 17.3 Å². The van der Waals surface area contributed by atoms with Crippen molar-refractivity contribution < 1.29 is 14.2 Å². The molecule has 2 atom stereocenters. The Morgan fingerprint density at radius 3 is 2.63 bits per heavy atom. The Balaban J connectivity index is 1.62. The molecule has 0 aliphatic carbocycles. The third-order valence-electron chi connectivity index (χ3n) is 5.54. The standard InChI is InChI=1S/C24H21ClN2O3/c1-28-18-9-4-6-15(13-18)20-14-21-19-10-5-11-22(29-2)23(19)30-24(27(21)26-20)16-7-3-8-17(25)12-16/h3-13,21,24H,14H2,1-2H3/t21-,24-/m1/s1. The van der Waals surface area contributed by atoms with E-state index in [1.54, 1.807) is 14.2 Å². The van der Waals surface area contributed by atoms with Crippen molar-refractivity contribution in [1.29, 1.82) is 0 Å². The van der Waals surface area contributed by atoms with Crippen molar-refractivity contribution in [2.45, 2.75) is 18.7 Å². The van der Waals surface area contributed by atoms with Crippen molar-refractivity contribution in [2.75, 3.05) is 14.2 Å². The van der Waals surface area contributed by atoms with Gasteiger partial charge in [-0.05, 0) is 30.3 Å². The molecule has 0 amide bonds. The number of methoxy groups -OCH3 is 2. The third-order valence-corrected chi connectivity index (χ3v) is 5.77. The van der Waals surface area contributed by atoms with Crippen LogP contribution in [0.1, 0.15) is 35.4 Å². The highest BCUT2D eigenvalue weighted by atomic mass is 35.5. The second-order valence-corrected chi connectivity index (χ2v) is 7.72. The average molecular weight is 421 g/mol. The molecule has 5 nitrogen and oxygen atoms in total. The molecule has 5 rings (SSSR count). The van der Waals surface area contributed by atoms with Crippen LogP contribution in [0.5, 0.6) is 17.2 Å². The van der Waals surface area contributed by atoms with Crippen LogP contribution in [0.2, 0.25) is 5.02 Å². The van der Waals surface area contributed by atoms with Crippen molar-refractivity contribution in [2.24, 2.45) is 5.10 Å². The molecule has 3 aromatic carbocycles. The molecule has 6 heteroatoms. The van der Waals surface area contributed by atoms with Crippen LogP contribution in [-0.4, -0.2) is 24.9 Å². The highest BCUT2D eigenvalue weighted by Crippen LogP contribution is 2.50. The van der Waals surface area contributed by atoms with E-state index >= 15 is 0 Å². The number of halogens is 1. The van der Waals surface area contributed by atoms with Crippen LogP contribution >= 0.6 is 11.6 Å². The van der Waals surface area contributed by atoms with Gasteiger partial charge in [0, 0.05) is 28.1 Å². The molecular weight excluding hydrogens is 400 g/mol. The Morgan fingerprint density at radius 2 is 1.83 bits per heavy atom. The maximum absolute atomic E-state index is 6.45. The first kappa shape index (κ1) is 18.8. The lowest BCUT2D eigenvalue weighted by molar-refractivity contribution is -0.0208. The number of para-hydroxylation sites is 1. The first-order chi connectivity index (χ1) is 14.7. The predicted octanol–water partition coefficient (Wildman–Crippen LogP) is 5.60. The zero-order valence-corrected chi connectivity index (χ0v) is 17.5. The Bertz CT molecular complexity index is 1130. The second kappa shape index (κ2) is 7.58. The lowest BCUT2D eigenvalue weighted by Crippen LogP contribution is -2.33. The molecule has 0 radical (unpaired) electrons. The van der Waals surface area contributed by atoms with Gasteiger partial charge in [-0.2, -0.15) is 5.10 Å². The molecule has 0 saturated carbocycles. The predicted molar refractivity (Wildman–Crippen MR) is 117 cm³/mol. The van der Waals surface area contributed by atoms with Crippen LogP contribution in [0.4, 0.5) is 0 Å². The first-order valence-corrected chi connectivity index (χ1v) is 10.1. The van der Waals surface area contributed by atoms with E-state index in [-0.39, 0.29) is 6.04 Å². The molecule has 0 unspecified atom stereocenters. The van der Waals surface area contributed by atoms with E-state index in [1.165, 1.54) is 0 Å². The van der Waals surface area contributed by atoms with Gasteiger partial charge >= 0.3 is 0 Å². The Hall–Kier alpha value is -3.18. The Kier molecular flexibility index (Phi) is 4.75. The lowest BCUT2D eigenvalue weighted by atomic mass is 9.95. The van der Waals surface area contributed by atoms with Crippen molar-refractivity contribution in [3.05, 3.63) is 88.4 Å². The minimum Gasteiger partial charge on any atom is -0.497 e. The number of fused-ring (bicyclic) bond motifs is 3. The summed E-state index contributed by atoms with van der Waals surface area (Å²) < 4.78 is 17.4. The molecule has 0 fully saturated rings. The summed E-state index contributed by atoms with van der Waals surface area (Å²) in [5.74, 6) is 2.28. The van der Waals surface area contributed by atoms with Crippen LogP contribution in [0, 0.1) is 0 Å². The molecule has 152 valence electrons. The van der Waals surface area contributed by atoms with Crippen LogP contribution in [0.25, 0.3) is 0 Å². The summed E-state index contributed by atoms with van der Waals surface area (Å²) in [5.41, 5.74) is 4.04.